The van der Waals surface area contributed by atoms with Crippen LogP contribution < -0.4 is 10.6 Å². The Morgan fingerprint density at radius 1 is 1.17 bits per heavy atom. The first kappa shape index (κ1) is 22.9. The van der Waals surface area contributed by atoms with Crippen LogP contribution in [0.5, 0.6) is 0 Å². The first-order chi connectivity index (χ1) is 13.5. The average Bonchev–Trinajstić information content (AvgIpc) is 2.61. The summed E-state index contributed by atoms with van der Waals surface area (Å²) in [6, 6.07) is 12.0. The molecule has 29 heavy (non-hydrogen) atoms. The van der Waals surface area contributed by atoms with E-state index in [2.05, 4.69) is 26.6 Å². The second-order valence-corrected chi connectivity index (χ2v) is 8.79. The van der Waals surface area contributed by atoms with Crippen LogP contribution in [0.4, 0.5) is 14.9 Å². The molecule has 2 N–H and O–H groups in total. The maximum Gasteiger partial charge on any atom is 0.407 e. The molecule has 5 nitrogen and oxygen atoms in total. The normalized spacial score (nSPS) is 12.2. The van der Waals surface area contributed by atoms with Gasteiger partial charge in [0.2, 0.25) is 5.91 Å². The smallest absolute Gasteiger partial charge is 0.407 e. The Bertz CT molecular complexity index is 881. The first-order valence-corrected chi connectivity index (χ1v) is 10.1. The number of nitrogens with one attached hydrogen (secondary N) is 2. The molecule has 0 aliphatic carbocycles. The summed E-state index contributed by atoms with van der Waals surface area (Å²) >= 11 is 3.20. The molecule has 2 rings (SSSR count). The highest BCUT2D eigenvalue weighted by Crippen LogP contribution is 2.20. The molecule has 2 aromatic carbocycles. The Morgan fingerprint density at radius 2 is 1.90 bits per heavy atom. The van der Waals surface area contributed by atoms with Crippen LogP contribution in [0.15, 0.2) is 46.9 Å². The standard InChI is InChI=1S/C22H26BrFN2O3/c1-14(13-25-21(28)29-22(2,3)4)15-6-5-7-18(10-15)26-20(27)11-16-8-9-17(23)12-19(16)24/h5-10,12,14H,11,13H2,1-4H3,(H,25,28)(H,26,27). The Kier molecular flexibility index (Phi) is 7.79. The number of alkyl carbamates (subject to hydrolysis) is 1. The van der Waals surface area contributed by atoms with Gasteiger partial charge in [-0.25, -0.2) is 9.18 Å². The number of benzene rings is 2. The lowest BCUT2D eigenvalue weighted by molar-refractivity contribution is -0.115. The Hall–Kier alpha value is -2.41. The molecule has 7 heteroatoms. The fourth-order valence-electron chi connectivity index (χ4n) is 2.63. The summed E-state index contributed by atoms with van der Waals surface area (Å²) < 4.78 is 19.8. The summed E-state index contributed by atoms with van der Waals surface area (Å²) in [6.07, 6.45) is -0.524. The van der Waals surface area contributed by atoms with Gasteiger partial charge in [-0.1, -0.05) is 41.1 Å². The molecule has 0 saturated heterocycles. The lowest BCUT2D eigenvalue weighted by Crippen LogP contribution is -2.34. The summed E-state index contributed by atoms with van der Waals surface area (Å²) in [5.41, 5.74) is 1.35. The van der Waals surface area contributed by atoms with E-state index in [4.69, 9.17) is 4.74 Å². The van der Waals surface area contributed by atoms with Crippen LogP contribution >= 0.6 is 15.9 Å². The van der Waals surface area contributed by atoms with E-state index in [-0.39, 0.29) is 18.2 Å². The maximum atomic E-state index is 13.9. The van der Waals surface area contributed by atoms with Gasteiger partial charge in [0.25, 0.3) is 0 Å². The number of anilines is 1. The molecular weight excluding hydrogens is 439 g/mol. The fourth-order valence-corrected chi connectivity index (χ4v) is 2.97. The topological polar surface area (TPSA) is 67.4 Å². The Labute approximate surface area is 179 Å². The third-order valence-corrected chi connectivity index (χ3v) is 4.55. The van der Waals surface area contributed by atoms with Gasteiger partial charge < -0.3 is 15.4 Å². The minimum Gasteiger partial charge on any atom is -0.444 e. The first-order valence-electron chi connectivity index (χ1n) is 9.34. The minimum atomic E-state index is -0.550. The van der Waals surface area contributed by atoms with Crippen LogP contribution in [0.25, 0.3) is 0 Å². The molecule has 0 aromatic heterocycles. The highest BCUT2D eigenvalue weighted by atomic mass is 79.9. The van der Waals surface area contributed by atoms with Crippen molar-refractivity contribution in [1.29, 1.82) is 0 Å². The van der Waals surface area contributed by atoms with Crippen molar-refractivity contribution in [3.05, 3.63) is 63.9 Å². The van der Waals surface area contributed by atoms with Crippen LogP contribution in [-0.2, 0) is 16.0 Å². The molecular formula is C22H26BrFN2O3. The van der Waals surface area contributed by atoms with E-state index in [0.717, 1.165) is 5.56 Å². The number of rotatable bonds is 6. The zero-order valence-electron chi connectivity index (χ0n) is 17.0. The van der Waals surface area contributed by atoms with E-state index in [1.165, 1.54) is 6.07 Å². The van der Waals surface area contributed by atoms with E-state index in [0.29, 0.717) is 22.3 Å². The molecule has 1 atom stereocenters. The van der Waals surface area contributed by atoms with Gasteiger partial charge in [-0.05, 0) is 62.1 Å². The Morgan fingerprint density at radius 3 is 2.55 bits per heavy atom. The predicted octanol–water partition coefficient (Wildman–Crippen LogP) is 5.40. The largest absolute Gasteiger partial charge is 0.444 e. The summed E-state index contributed by atoms with van der Waals surface area (Å²) in [4.78, 5) is 24.1. The number of ether oxygens (including phenoxy) is 1. The van der Waals surface area contributed by atoms with Gasteiger partial charge in [0.15, 0.2) is 0 Å². The average molecular weight is 465 g/mol. The van der Waals surface area contributed by atoms with E-state index >= 15 is 0 Å². The lowest BCUT2D eigenvalue weighted by atomic mass is 10.0. The van der Waals surface area contributed by atoms with Crippen molar-refractivity contribution in [2.24, 2.45) is 0 Å². The van der Waals surface area contributed by atoms with Crippen molar-refractivity contribution in [2.75, 3.05) is 11.9 Å². The quantitative estimate of drug-likeness (QED) is 0.601. The fraction of sp³-hybridized carbons (Fsp3) is 0.364. The number of hydrogen-bond donors (Lipinski definition) is 2. The summed E-state index contributed by atoms with van der Waals surface area (Å²) in [5.74, 6) is -0.712. The molecule has 0 bridgehead atoms. The SMILES string of the molecule is CC(CNC(=O)OC(C)(C)C)c1cccc(NC(=O)Cc2ccc(Br)cc2F)c1. The van der Waals surface area contributed by atoms with E-state index in [1.807, 2.05) is 45.9 Å². The summed E-state index contributed by atoms with van der Waals surface area (Å²) in [6.45, 7) is 7.79. The molecule has 0 fully saturated rings. The monoisotopic (exact) mass is 464 g/mol. The summed E-state index contributed by atoms with van der Waals surface area (Å²) in [7, 11) is 0. The number of carbonyl (C=O) groups excluding carboxylic acids is 2. The molecule has 0 radical (unpaired) electrons. The van der Waals surface area contributed by atoms with Crippen LogP contribution in [0.1, 0.15) is 44.7 Å². The molecule has 1 unspecified atom stereocenters. The molecule has 156 valence electrons. The van der Waals surface area contributed by atoms with Crippen molar-refractivity contribution in [1.82, 2.24) is 5.32 Å². The molecule has 0 aliphatic heterocycles. The highest BCUT2D eigenvalue weighted by Gasteiger charge is 2.17. The number of hydrogen-bond acceptors (Lipinski definition) is 3. The third kappa shape index (κ3) is 7.85. The zero-order chi connectivity index (χ0) is 21.6. The predicted molar refractivity (Wildman–Crippen MR) is 116 cm³/mol. The number of amides is 2. The number of halogens is 2. The number of carbonyl (C=O) groups is 2. The molecule has 0 heterocycles. The van der Waals surface area contributed by atoms with Crippen LogP contribution in [0, 0.1) is 5.82 Å². The van der Waals surface area contributed by atoms with Gasteiger partial charge in [-0.15, -0.1) is 0 Å². The van der Waals surface area contributed by atoms with Crippen molar-refractivity contribution >= 4 is 33.6 Å². The third-order valence-electron chi connectivity index (χ3n) is 4.06. The van der Waals surface area contributed by atoms with Gasteiger partial charge in [0.05, 0.1) is 6.42 Å². The summed E-state index contributed by atoms with van der Waals surface area (Å²) in [5, 5.41) is 5.54. The highest BCUT2D eigenvalue weighted by molar-refractivity contribution is 9.10. The van der Waals surface area contributed by atoms with E-state index in [1.54, 1.807) is 18.2 Å². The molecule has 0 saturated carbocycles. The van der Waals surface area contributed by atoms with E-state index < -0.39 is 17.5 Å². The second-order valence-electron chi connectivity index (χ2n) is 7.87. The van der Waals surface area contributed by atoms with Gasteiger partial charge in [-0.3, -0.25) is 4.79 Å². The second kappa shape index (κ2) is 9.87. The van der Waals surface area contributed by atoms with Crippen LogP contribution in [0.2, 0.25) is 0 Å². The zero-order valence-corrected chi connectivity index (χ0v) is 18.6. The lowest BCUT2D eigenvalue weighted by Gasteiger charge is -2.21. The van der Waals surface area contributed by atoms with Gasteiger partial charge in [0.1, 0.15) is 11.4 Å². The van der Waals surface area contributed by atoms with Crippen LogP contribution in [-0.4, -0.2) is 24.1 Å². The minimum absolute atomic E-state index is 0.0169. The molecule has 0 spiro atoms. The van der Waals surface area contributed by atoms with Gasteiger partial charge in [-0.2, -0.15) is 0 Å². The van der Waals surface area contributed by atoms with E-state index in [9.17, 15) is 14.0 Å². The van der Waals surface area contributed by atoms with Gasteiger partial charge >= 0.3 is 6.09 Å². The Balaban J connectivity index is 1.94. The maximum absolute atomic E-state index is 13.9. The molecule has 2 aromatic rings. The van der Waals surface area contributed by atoms with Crippen LogP contribution in [0.3, 0.4) is 0 Å². The van der Waals surface area contributed by atoms with Crippen molar-refractivity contribution in [2.45, 2.75) is 45.6 Å². The molecule has 0 aliphatic rings. The van der Waals surface area contributed by atoms with Crippen molar-refractivity contribution in [3.63, 3.8) is 0 Å². The van der Waals surface area contributed by atoms with Gasteiger partial charge in [0, 0.05) is 16.7 Å². The van der Waals surface area contributed by atoms with Crippen molar-refractivity contribution in [3.8, 4) is 0 Å². The molecule has 2 amide bonds. The van der Waals surface area contributed by atoms with Crippen molar-refractivity contribution < 1.29 is 18.7 Å².